The average molecular weight is 138 g/mol. The van der Waals surface area contributed by atoms with Gasteiger partial charge in [0.1, 0.15) is 0 Å². The lowest BCUT2D eigenvalue weighted by Crippen LogP contribution is -1.91. The third-order valence-corrected chi connectivity index (χ3v) is 2.08. The molecule has 0 unspecified atom stereocenters. The summed E-state index contributed by atoms with van der Waals surface area (Å²) in [6.45, 7) is 0. The maximum absolute atomic E-state index is 5.10. The summed E-state index contributed by atoms with van der Waals surface area (Å²) in [5.74, 6) is 1.39. The smallest absolute Gasteiger partial charge is 0.219 e. The molecule has 1 aromatic rings. The second-order valence-electron chi connectivity index (χ2n) is 2.76. The van der Waals surface area contributed by atoms with Gasteiger partial charge >= 0.3 is 0 Å². The van der Waals surface area contributed by atoms with E-state index in [1.165, 1.54) is 32.1 Å². The molecule has 3 nitrogen and oxygen atoms in total. The lowest BCUT2D eigenvalue weighted by Gasteiger charge is -1.98. The minimum Gasteiger partial charge on any atom is -0.428 e. The van der Waals surface area contributed by atoms with Crippen LogP contribution in [0, 0.1) is 0 Å². The fourth-order valence-electron chi connectivity index (χ4n) is 1.53. The summed E-state index contributed by atoms with van der Waals surface area (Å²) < 4.78 is 5.10. The minimum atomic E-state index is 0.558. The molecular weight excluding hydrogens is 128 g/mol. The van der Waals surface area contributed by atoms with Gasteiger partial charge in [0.05, 0.1) is 0 Å². The summed E-state index contributed by atoms with van der Waals surface area (Å²) in [5.41, 5.74) is 0. The summed E-state index contributed by atoms with van der Waals surface area (Å²) in [4.78, 5) is 0. The maximum atomic E-state index is 5.10. The second kappa shape index (κ2) is 2.40. The molecule has 2 rings (SSSR count). The van der Waals surface area contributed by atoms with Gasteiger partial charge in [0.15, 0.2) is 0 Å². The van der Waals surface area contributed by atoms with Crippen LogP contribution in [0.3, 0.4) is 0 Å². The van der Waals surface area contributed by atoms with E-state index >= 15 is 0 Å². The predicted octanol–water partition coefficient (Wildman–Crippen LogP) is 1.73. The highest BCUT2D eigenvalue weighted by atomic mass is 16.4. The highest BCUT2D eigenvalue weighted by Crippen LogP contribution is 2.32. The molecule has 0 radical (unpaired) electrons. The molecule has 10 heavy (non-hydrogen) atoms. The van der Waals surface area contributed by atoms with Crippen molar-refractivity contribution in [2.75, 3.05) is 0 Å². The molecule has 1 aliphatic carbocycles. The lowest BCUT2D eigenvalue weighted by atomic mass is 10.1. The zero-order valence-electron chi connectivity index (χ0n) is 5.79. The first kappa shape index (κ1) is 5.89. The predicted molar refractivity (Wildman–Crippen MR) is 35.5 cm³/mol. The van der Waals surface area contributed by atoms with Gasteiger partial charge in [-0.25, -0.2) is 0 Å². The Bertz CT molecular complexity index is 189. The number of nitrogens with zero attached hydrogens (tertiary/aromatic N) is 2. The van der Waals surface area contributed by atoms with Crippen LogP contribution in [0.4, 0.5) is 0 Å². The molecule has 1 saturated carbocycles. The van der Waals surface area contributed by atoms with Gasteiger partial charge in [0.25, 0.3) is 0 Å². The van der Waals surface area contributed by atoms with Gasteiger partial charge in [-0.1, -0.05) is 12.8 Å². The highest BCUT2D eigenvalue weighted by Gasteiger charge is 2.20. The van der Waals surface area contributed by atoms with E-state index in [4.69, 9.17) is 4.42 Å². The van der Waals surface area contributed by atoms with Crippen LogP contribution in [0.1, 0.15) is 37.5 Å². The third-order valence-electron chi connectivity index (χ3n) is 2.08. The largest absolute Gasteiger partial charge is 0.428 e. The number of rotatable bonds is 1. The normalized spacial score (nSPS) is 20.0. The molecule has 1 fully saturated rings. The van der Waals surface area contributed by atoms with Crippen LogP contribution in [0.5, 0.6) is 0 Å². The molecule has 54 valence electrons. The van der Waals surface area contributed by atoms with Gasteiger partial charge in [-0.05, 0) is 12.8 Å². The molecule has 1 heterocycles. The Labute approximate surface area is 59.5 Å². The molecule has 0 atom stereocenters. The van der Waals surface area contributed by atoms with Crippen LogP contribution in [0.15, 0.2) is 10.8 Å². The first-order chi connectivity index (χ1) is 4.97. The standard InChI is InChI=1S/C7H10N2O/c1-2-4-6(3-1)7-9-8-5-10-7/h5-6H,1-4H2. The Kier molecular flexibility index (Phi) is 1.42. The maximum Gasteiger partial charge on any atom is 0.219 e. The van der Waals surface area contributed by atoms with Gasteiger partial charge in [0.2, 0.25) is 12.3 Å². The van der Waals surface area contributed by atoms with Crippen molar-refractivity contribution in [1.29, 1.82) is 0 Å². The fourth-order valence-corrected chi connectivity index (χ4v) is 1.53. The lowest BCUT2D eigenvalue weighted by molar-refractivity contribution is 0.448. The Hall–Kier alpha value is -0.860. The van der Waals surface area contributed by atoms with Crippen molar-refractivity contribution in [3.63, 3.8) is 0 Å². The first-order valence-electron chi connectivity index (χ1n) is 3.73. The first-order valence-corrected chi connectivity index (χ1v) is 3.73. The zero-order chi connectivity index (χ0) is 6.81. The Morgan fingerprint density at radius 3 is 2.80 bits per heavy atom. The monoisotopic (exact) mass is 138 g/mol. The van der Waals surface area contributed by atoms with E-state index in [2.05, 4.69) is 10.2 Å². The van der Waals surface area contributed by atoms with Crippen molar-refractivity contribution in [2.24, 2.45) is 0 Å². The van der Waals surface area contributed by atoms with Gasteiger partial charge in [0, 0.05) is 5.92 Å². The summed E-state index contributed by atoms with van der Waals surface area (Å²) in [6, 6.07) is 0. The molecule has 0 amide bonds. The molecule has 0 aromatic carbocycles. The van der Waals surface area contributed by atoms with E-state index in [0.717, 1.165) is 5.89 Å². The molecule has 0 N–H and O–H groups in total. The van der Waals surface area contributed by atoms with Crippen molar-refractivity contribution in [3.05, 3.63) is 12.3 Å². The van der Waals surface area contributed by atoms with Crippen LogP contribution in [-0.4, -0.2) is 10.2 Å². The van der Waals surface area contributed by atoms with Gasteiger partial charge in [-0.3, -0.25) is 0 Å². The summed E-state index contributed by atoms with van der Waals surface area (Å²) >= 11 is 0. The third kappa shape index (κ3) is 0.916. The van der Waals surface area contributed by atoms with E-state index in [0.29, 0.717) is 5.92 Å². The van der Waals surface area contributed by atoms with E-state index in [-0.39, 0.29) is 0 Å². The van der Waals surface area contributed by atoms with Crippen molar-refractivity contribution < 1.29 is 4.42 Å². The van der Waals surface area contributed by atoms with Crippen LogP contribution in [-0.2, 0) is 0 Å². The van der Waals surface area contributed by atoms with Crippen LogP contribution >= 0.6 is 0 Å². The molecule has 1 aliphatic rings. The van der Waals surface area contributed by atoms with E-state index in [9.17, 15) is 0 Å². The topological polar surface area (TPSA) is 38.9 Å². The van der Waals surface area contributed by atoms with Crippen molar-refractivity contribution in [1.82, 2.24) is 10.2 Å². The van der Waals surface area contributed by atoms with Crippen molar-refractivity contribution >= 4 is 0 Å². The quantitative estimate of drug-likeness (QED) is 0.593. The van der Waals surface area contributed by atoms with Gasteiger partial charge in [-0.15, -0.1) is 10.2 Å². The average Bonchev–Trinajstić information content (AvgIpc) is 2.59. The van der Waals surface area contributed by atoms with Gasteiger partial charge in [-0.2, -0.15) is 0 Å². The van der Waals surface area contributed by atoms with Gasteiger partial charge < -0.3 is 4.42 Å². The van der Waals surface area contributed by atoms with Crippen LogP contribution in [0.2, 0.25) is 0 Å². The molecule has 0 aliphatic heterocycles. The number of hydrogen-bond acceptors (Lipinski definition) is 3. The molecule has 1 aromatic heterocycles. The second-order valence-corrected chi connectivity index (χ2v) is 2.76. The van der Waals surface area contributed by atoms with Crippen molar-refractivity contribution in [2.45, 2.75) is 31.6 Å². The summed E-state index contributed by atoms with van der Waals surface area (Å²) in [6.07, 6.45) is 6.48. The molecular formula is C7H10N2O. The van der Waals surface area contributed by atoms with Crippen LogP contribution < -0.4 is 0 Å². The molecule has 3 heteroatoms. The van der Waals surface area contributed by atoms with Crippen LogP contribution in [0.25, 0.3) is 0 Å². The Morgan fingerprint density at radius 1 is 1.40 bits per heavy atom. The summed E-state index contributed by atoms with van der Waals surface area (Å²) in [7, 11) is 0. The fraction of sp³-hybridized carbons (Fsp3) is 0.714. The Morgan fingerprint density at radius 2 is 2.20 bits per heavy atom. The number of hydrogen-bond donors (Lipinski definition) is 0. The van der Waals surface area contributed by atoms with E-state index in [1.54, 1.807) is 0 Å². The highest BCUT2D eigenvalue weighted by molar-refractivity contribution is 4.91. The zero-order valence-corrected chi connectivity index (χ0v) is 5.79. The van der Waals surface area contributed by atoms with Crippen molar-refractivity contribution in [3.8, 4) is 0 Å². The Balaban J connectivity index is 2.12. The molecule has 0 bridgehead atoms. The number of aromatic nitrogens is 2. The van der Waals surface area contributed by atoms with E-state index in [1.807, 2.05) is 0 Å². The minimum absolute atomic E-state index is 0.558. The SMILES string of the molecule is c1nnc(C2CCCC2)o1. The summed E-state index contributed by atoms with van der Waals surface area (Å²) in [5, 5.41) is 7.53. The molecule has 0 saturated heterocycles. The van der Waals surface area contributed by atoms with E-state index < -0.39 is 0 Å². The molecule has 0 spiro atoms.